The number of hydrogen-bond acceptors (Lipinski definition) is 5. The summed E-state index contributed by atoms with van der Waals surface area (Å²) in [6.45, 7) is 6.66. The standard InChI is InChI=1S/C21H23N5O/c1-13-9-22-20(23-10-13)25-11-17(24-12-25)14-4-7-16-18(8-14)26(15-5-6-15)19(27)21(16,2)3/h4,7-11,15,24H,5-6,12H2,1-3H3. The SMILES string of the molecule is Cc1cnc(N2C=C(c3ccc4c(c3)N(C3CC3)C(=O)C4(C)C)NC2)nc1. The van der Waals surface area contributed by atoms with Crippen LogP contribution in [0, 0.1) is 6.92 Å². The first-order valence-electron chi connectivity index (χ1n) is 9.45. The number of rotatable bonds is 3. The highest BCUT2D eigenvalue weighted by atomic mass is 16.2. The highest BCUT2D eigenvalue weighted by molar-refractivity contribution is 6.08. The number of amides is 1. The summed E-state index contributed by atoms with van der Waals surface area (Å²) < 4.78 is 0. The van der Waals surface area contributed by atoms with Gasteiger partial charge in [0.25, 0.3) is 0 Å². The molecular weight excluding hydrogens is 338 g/mol. The minimum atomic E-state index is -0.449. The van der Waals surface area contributed by atoms with E-state index < -0.39 is 5.41 Å². The van der Waals surface area contributed by atoms with E-state index >= 15 is 0 Å². The molecule has 1 saturated carbocycles. The summed E-state index contributed by atoms with van der Waals surface area (Å²) in [7, 11) is 0. The molecule has 0 unspecified atom stereocenters. The number of benzene rings is 1. The fraction of sp³-hybridized carbons (Fsp3) is 0.381. The molecule has 1 aromatic carbocycles. The van der Waals surface area contributed by atoms with Gasteiger partial charge in [-0.3, -0.25) is 9.69 Å². The lowest BCUT2D eigenvalue weighted by Gasteiger charge is -2.19. The van der Waals surface area contributed by atoms with Gasteiger partial charge in [-0.1, -0.05) is 12.1 Å². The fourth-order valence-corrected chi connectivity index (χ4v) is 3.90. The van der Waals surface area contributed by atoms with Crippen LogP contribution in [0.1, 0.15) is 43.4 Å². The second-order valence-corrected chi connectivity index (χ2v) is 8.17. The van der Waals surface area contributed by atoms with Crippen LogP contribution in [0.4, 0.5) is 11.6 Å². The molecule has 1 aromatic heterocycles. The first-order chi connectivity index (χ1) is 12.9. The first kappa shape index (κ1) is 16.3. The number of aryl methyl sites for hydroxylation is 1. The van der Waals surface area contributed by atoms with Gasteiger partial charge in [0.1, 0.15) is 0 Å². The van der Waals surface area contributed by atoms with Crippen molar-refractivity contribution < 1.29 is 4.79 Å². The van der Waals surface area contributed by atoms with Crippen LogP contribution >= 0.6 is 0 Å². The first-order valence-corrected chi connectivity index (χ1v) is 9.45. The normalized spacial score (nSPS) is 20.6. The smallest absolute Gasteiger partial charge is 0.237 e. The van der Waals surface area contributed by atoms with Gasteiger partial charge in [0.2, 0.25) is 11.9 Å². The lowest BCUT2D eigenvalue weighted by atomic mass is 9.86. The van der Waals surface area contributed by atoms with Crippen molar-refractivity contribution in [2.75, 3.05) is 16.5 Å². The number of nitrogens with zero attached hydrogens (tertiary/aromatic N) is 4. The van der Waals surface area contributed by atoms with Crippen LogP contribution in [-0.4, -0.2) is 28.6 Å². The van der Waals surface area contributed by atoms with E-state index in [9.17, 15) is 4.79 Å². The van der Waals surface area contributed by atoms with E-state index in [0.717, 1.165) is 40.9 Å². The van der Waals surface area contributed by atoms with Crippen molar-refractivity contribution in [3.8, 4) is 0 Å². The zero-order valence-corrected chi connectivity index (χ0v) is 15.9. The monoisotopic (exact) mass is 361 g/mol. The van der Waals surface area contributed by atoms with Gasteiger partial charge in [-0.15, -0.1) is 0 Å². The van der Waals surface area contributed by atoms with Crippen molar-refractivity contribution in [1.82, 2.24) is 15.3 Å². The van der Waals surface area contributed by atoms with Crippen LogP contribution in [-0.2, 0) is 10.2 Å². The Balaban J connectivity index is 1.50. The Morgan fingerprint density at radius 1 is 1.19 bits per heavy atom. The van der Waals surface area contributed by atoms with Gasteiger partial charge in [-0.05, 0) is 50.8 Å². The Hall–Kier alpha value is -2.89. The predicted molar refractivity (Wildman–Crippen MR) is 105 cm³/mol. The number of anilines is 2. The summed E-state index contributed by atoms with van der Waals surface area (Å²) in [5.41, 5.74) is 4.89. The predicted octanol–water partition coefficient (Wildman–Crippen LogP) is 2.94. The third kappa shape index (κ3) is 2.51. The number of carbonyl (C=O) groups excluding carboxylic acids is 1. The van der Waals surface area contributed by atoms with Gasteiger partial charge in [0.05, 0.1) is 17.8 Å². The second-order valence-electron chi connectivity index (χ2n) is 8.17. The van der Waals surface area contributed by atoms with Crippen molar-refractivity contribution in [2.24, 2.45) is 0 Å². The van der Waals surface area contributed by atoms with Crippen LogP contribution in [0.5, 0.6) is 0 Å². The molecule has 2 aromatic rings. The van der Waals surface area contributed by atoms with Crippen molar-refractivity contribution in [1.29, 1.82) is 0 Å². The van der Waals surface area contributed by atoms with Gasteiger partial charge >= 0.3 is 0 Å². The topological polar surface area (TPSA) is 61.4 Å². The molecule has 0 radical (unpaired) electrons. The lowest BCUT2D eigenvalue weighted by molar-refractivity contribution is -0.122. The number of hydrogen-bond donors (Lipinski definition) is 1. The summed E-state index contributed by atoms with van der Waals surface area (Å²) in [6.07, 6.45) is 7.89. The molecule has 3 aliphatic rings. The molecule has 6 nitrogen and oxygen atoms in total. The Morgan fingerprint density at radius 3 is 2.63 bits per heavy atom. The number of aromatic nitrogens is 2. The molecule has 0 spiro atoms. The molecule has 3 heterocycles. The van der Waals surface area contributed by atoms with Gasteiger partial charge in [0, 0.05) is 35.9 Å². The summed E-state index contributed by atoms with van der Waals surface area (Å²) in [5.74, 6) is 0.903. The minimum Gasteiger partial charge on any atom is -0.366 e. The number of fused-ring (bicyclic) bond motifs is 1. The van der Waals surface area contributed by atoms with E-state index in [-0.39, 0.29) is 5.91 Å². The van der Waals surface area contributed by atoms with Crippen LogP contribution < -0.4 is 15.1 Å². The molecule has 1 fully saturated rings. The molecular formula is C21H23N5O. The summed E-state index contributed by atoms with van der Waals surface area (Å²) in [6, 6.07) is 6.73. The number of carbonyl (C=O) groups is 1. The molecule has 1 N–H and O–H groups in total. The molecule has 6 heteroatoms. The molecule has 0 bridgehead atoms. The largest absolute Gasteiger partial charge is 0.366 e. The zero-order chi connectivity index (χ0) is 18.8. The Bertz CT molecular complexity index is 959. The van der Waals surface area contributed by atoms with Gasteiger partial charge in [-0.2, -0.15) is 0 Å². The van der Waals surface area contributed by atoms with Crippen LogP contribution in [0.15, 0.2) is 36.8 Å². The summed E-state index contributed by atoms with van der Waals surface area (Å²) in [4.78, 5) is 25.7. The van der Waals surface area contributed by atoms with Gasteiger partial charge in [-0.25, -0.2) is 9.97 Å². The van der Waals surface area contributed by atoms with Crippen molar-refractivity contribution in [2.45, 2.75) is 45.1 Å². The molecule has 2 aliphatic heterocycles. The summed E-state index contributed by atoms with van der Waals surface area (Å²) >= 11 is 0. The van der Waals surface area contributed by atoms with E-state index in [1.165, 1.54) is 0 Å². The van der Waals surface area contributed by atoms with Gasteiger partial charge < -0.3 is 10.2 Å². The van der Waals surface area contributed by atoms with Gasteiger partial charge in [0.15, 0.2) is 0 Å². The lowest BCUT2D eigenvalue weighted by Crippen LogP contribution is -2.37. The molecule has 0 atom stereocenters. The Morgan fingerprint density at radius 2 is 1.93 bits per heavy atom. The maximum atomic E-state index is 12.9. The van der Waals surface area contributed by atoms with Crippen LogP contribution in [0.3, 0.4) is 0 Å². The minimum absolute atomic E-state index is 0.222. The Labute approximate surface area is 158 Å². The molecule has 5 rings (SSSR count). The molecule has 138 valence electrons. The molecule has 1 aliphatic carbocycles. The molecule has 27 heavy (non-hydrogen) atoms. The van der Waals surface area contributed by atoms with Crippen molar-refractivity contribution >= 4 is 23.2 Å². The highest BCUT2D eigenvalue weighted by Gasteiger charge is 2.49. The zero-order valence-electron chi connectivity index (χ0n) is 15.9. The quantitative estimate of drug-likeness (QED) is 0.911. The van der Waals surface area contributed by atoms with E-state index in [2.05, 4.69) is 33.5 Å². The third-order valence-electron chi connectivity index (χ3n) is 5.66. The number of nitrogens with one attached hydrogen (secondary N) is 1. The molecule has 1 amide bonds. The Kier molecular flexibility index (Phi) is 3.35. The fourth-order valence-electron chi connectivity index (χ4n) is 3.90. The maximum Gasteiger partial charge on any atom is 0.237 e. The third-order valence-corrected chi connectivity index (χ3v) is 5.66. The summed E-state index contributed by atoms with van der Waals surface area (Å²) in [5, 5.41) is 3.42. The van der Waals surface area contributed by atoms with E-state index in [1.54, 1.807) is 0 Å². The van der Waals surface area contributed by atoms with E-state index in [4.69, 9.17) is 0 Å². The highest BCUT2D eigenvalue weighted by Crippen LogP contribution is 2.47. The average Bonchev–Trinajstić information content (AvgIpc) is 3.32. The van der Waals surface area contributed by atoms with E-state index in [1.807, 2.05) is 49.2 Å². The second kappa shape index (κ2) is 5.55. The van der Waals surface area contributed by atoms with Crippen LogP contribution in [0.25, 0.3) is 5.70 Å². The average molecular weight is 361 g/mol. The maximum absolute atomic E-state index is 12.9. The van der Waals surface area contributed by atoms with E-state index in [0.29, 0.717) is 18.7 Å². The van der Waals surface area contributed by atoms with Crippen LogP contribution in [0.2, 0.25) is 0 Å². The molecule has 0 saturated heterocycles. The van der Waals surface area contributed by atoms with Crippen molar-refractivity contribution in [3.63, 3.8) is 0 Å². The van der Waals surface area contributed by atoms with Crippen molar-refractivity contribution in [3.05, 3.63) is 53.5 Å².